The number of alkyl halides is 1. The molecule has 94 valence electrons. The van der Waals surface area contributed by atoms with E-state index in [0.717, 1.165) is 16.8 Å². The first-order valence-corrected chi connectivity index (χ1v) is 6.63. The first kappa shape index (κ1) is 11.7. The van der Waals surface area contributed by atoms with Crippen molar-refractivity contribution in [2.45, 2.75) is 31.6 Å². The Kier molecular flexibility index (Phi) is 2.86. The molecule has 0 amide bonds. The molecule has 1 aliphatic carbocycles. The maximum Gasteiger partial charge on any atom is 0.123 e. The van der Waals surface area contributed by atoms with E-state index in [1.807, 2.05) is 17.8 Å². The maximum atomic E-state index is 13.2. The quantitative estimate of drug-likeness (QED) is 0.768. The maximum absolute atomic E-state index is 13.2. The number of aryl methyl sites for hydroxylation is 1. The zero-order chi connectivity index (χ0) is 12.7. The fraction of sp³-hybridized carbons (Fsp3) is 0.357. The topological polar surface area (TPSA) is 17.8 Å². The van der Waals surface area contributed by atoms with Gasteiger partial charge in [-0.2, -0.15) is 5.10 Å². The van der Waals surface area contributed by atoms with Crippen molar-refractivity contribution in [3.63, 3.8) is 0 Å². The molecule has 0 saturated heterocycles. The molecule has 3 rings (SSSR count). The molecule has 1 saturated carbocycles. The minimum Gasteiger partial charge on any atom is -0.237 e. The molecule has 18 heavy (non-hydrogen) atoms. The van der Waals surface area contributed by atoms with Gasteiger partial charge >= 0.3 is 0 Å². The lowest BCUT2D eigenvalue weighted by molar-refractivity contribution is 0.625. The number of hydrogen-bond acceptors (Lipinski definition) is 1. The Morgan fingerprint density at radius 2 is 2.22 bits per heavy atom. The Hall–Kier alpha value is -1.35. The average Bonchev–Trinajstić information content (AvgIpc) is 3.09. The predicted molar refractivity (Wildman–Crippen MR) is 69.8 cm³/mol. The van der Waals surface area contributed by atoms with Crippen LogP contribution in [0.3, 0.4) is 0 Å². The molecule has 0 unspecified atom stereocenters. The molecular weight excluding hydrogens is 251 g/mol. The second-order valence-electron chi connectivity index (χ2n) is 4.81. The van der Waals surface area contributed by atoms with Crippen LogP contribution in [0.5, 0.6) is 0 Å². The molecule has 1 aromatic carbocycles. The van der Waals surface area contributed by atoms with E-state index in [-0.39, 0.29) is 5.82 Å². The second kappa shape index (κ2) is 4.39. The number of benzene rings is 1. The third-order valence-electron chi connectivity index (χ3n) is 3.38. The molecule has 1 fully saturated rings. The number of aromatic nitrogens is 2. The first-order chi connectivity index (χ1) is 8.70. The van der Waals surface area contributed by atoms with Gasteiger partial charge in [0.1, 0.15) is 5.82 Å². The van der Waals surface area contributed by atoms with Crippen LogP contribution in [0.4, 0.5) is 4.39 Å². The minimum absolute atomic E-state index is 0.214. The summed E-state index contributed by atoms with van der Waals surface area (Å²) >= 11 is 5.96. The molecule has 4 heteroatoms. The van der Waals surface area contributed by atoms with Gasteiger partial charge in [0.15, 0.2) is 0 Å². The Morgan fingerprint density at radius 1 is 1.44 bits per heavy atom. The van der Waals surface area contributed by atoms with Crippen LogP contribution in [0.2, 0.25) is 0 Å². The molecule has 0 aliphatic heterocycles. The van der Waals surface area contributed by atoms with E-state index < -0.39 is 0 Å². The summed E-state index contributed by atoms with van der Waals surface area (Å²) in [5, 5.41) is 4.42. The van der Waals surface area contributed by atoms with Crippen LogP contribution >= 0.6 is 11.6 Å². The van der Waals surface area contributed by atoms with Crippen molar-refractivity contribution in [3.8, 4) is 5.69 Å². The van der Waals surface area contributed by atoms with Crippen molar-refractivity contribution >= 4 is 11.6 Å². The van der Waals surface area contributed by atoms with Gasteiger partial charge in [0, 0.05) is 11.5 Å². The van der Waals surface area contributed by atoms with Crippen LogP contribution in [0.25, 0.3) is 5.69 Å². The van der Waals surface area contributed by atoms with Gasteiger partial charge in [-0.15, -0.1) is 11.6 Å². The van der Waals surface area contributed by atoms with Crippen LogP contribution in [-0.2, 0) is 5.88 Å². The summed E-state index contributed by atoms with van der Waals surface area (Å²) in [7, 11) is 0. The summed E-state index contributed by atoms with van der Waals surface area (Å²) in [6.45, 7) is 1.90. The molecule has 1 aromatic heterocycles. The lowest BCUT2D eigenvalue weighted by Crippen LogP contribution is -2.04. The minimum atomic E-state index is -0.214. The number of nitrogens with zero attached hydrogens (tertiary/aromatic N) is 2. The van der Waals surface area contributed by atoms with E-state index in [9.17, 15) is 4.39 Å². The molecule has 1 heterocycles. The Labute approximate surface area is 110 Å². The van der Waals surface area contributed by atoms with E-state index in [0.29, 0.717) is 11.8 Å². The molecule has 0 spiro atoms. The first-order valence-electron chi connectivity index (χ1n) is 6.10. The van der Waals surface area contributed by atoms with Crippen LogP contribution < -0.4 is 0 Å². The van der Waals surface area contributed by atoms with E-state index in [4.69, 9.17) is 11.6 Å². The van der Waals surface area contributed by atoms with E-state index in [1.54, 1.807) is 6.07 Å². The summed E-state index contributed by atoms with van der Waals surface area (Å²) in [6.07, 6.45) is 4.20. The monoisotopic (exact) mass is 264 g/mol. The third-order valence-corrected chi connectivity index (χ3v) is 3.67. The van der Waals surface area contributed by atoms with Crippen LogP contribution in [0.15, 0.2) is 24.4 Å². The smallest absolute Gasteiger partial charge is 0.123 e. The average molecular weight is 265 g/mol. The highest BCUT2D eigenvalue weighted by Gasteiger charge is 2.30. The number of halogens is 2. The highest BCUT2D eigenvalue weighted by Crippen LogP contribution is 2.43. The van der Waals surface area contributed by atoms with Gasteiger partial charge in [0.25, 0.3) is 0 Å². The van der Waals surface area contributed by atoms with E-state index >= 15 is 0 Å². The van der Waals surface area contributed by atoms with Crippen LogP contribution in [-0.4, -0.2) is 9.78 Å². The van der Waals surface area contributed by atoms with Crippen molar-refractivity contribution in [1.82, 2.24) is 9.78 Å². The zero-order valence-corrected chi connectivity index (χ0v) is 10.9. The standard InChI is InChI=1S/C14H14ClFN2/c1-9-6-12(16)4-5-13(9)18-14(10-2-3-10)11(7-15)8-17-18/h4-6,8,10H,2-3,7H2,1H3. The summed E-state index contributed by atoms with van der Waals surface area (Å²) in [5.41, 5.74) is 4.11. The molecule has 1 aliphatic rings. The summed E-state index contributed by atoms with van der Waals surface area (Å²) in [4.78, 5) is 0. The highest BCUT2D eigenvalue weighted by atomic mass is 35.5. The highest BCUT2D eigenvalue weighted by molar-refractivity contribution is 6.17. The Balaban J connectivity index is 2.13. The van der Waals surface area contributed by atoms with Crippen molar-refractivity contribution in [3.05, 3.63) is 47.0 Å². The predicted octanol–water partition coefficient (Wildman–Crippen LogP) is 3.94. The van der Waals surface area contributed by atoms with Crippen molar-refractivity contribution < 1.29 is 4.39 Å². The van der Waals surface area contributed by atoms with Crippen LogP contribution in [0, 0.1) is 12.7 Å². The normalized spacial score (nSPS) is 15.1. The third kappa shape index (κ3) is 1.93. The van der Waals surface area contributed by atoms with Crippen molar-refractivity contribution in [2.24, 2.45) is 0 Å². The second-order valence-corrected chi connectivity index (χ2v) is 5.07. The molecule has 0 atom stereocenters. The summed E-state index contributed by atoms with van der Waals surface area (Å²) in [5.74, 6) is 0.825. The largest absolute Gasteiger partial charge is 0.237 e. The van der Waals surface area contributed by atoms with Crippen LogP contribution in [0.1, 0.15) is 35.6 Å². The summed E-state index contributed by atoms with van der Waals surface area (Å²) in [6, 6.07) is 4.79. The van der Waals surface area contributed by atoms with Gasteiger partial charge in [-0.25, -0.2) is 9.07 Å². The Bertz CT molecular complexity index is 587. The SMILES string of the molecule is Cc1cc(F)ccc1-n1ncc(CCl)c1C1CC1. The lowest BCUT2D eigenvalue weighted by Gasteiger charge is -2.11. The molecule has 0 bridgehead atoms. The summed E-state index contributed by atoms with van der Waals surface area (Å²) < 4.78 is 15.1. The van der Waals surface area contributed by atoms with Gasteiger partial charge in [-0.1, -0.05) is 0 Å². The zero-order valence-electron chi connectivity index (χ0n) is 10.2. The fourth-order valence-electron chi connectivity index (χ4n) is 2.34. The van der Waals surface area contributed by atoms with E-state index in [1.165, 1.54) is 30.7 Å². The number of hydrogen-bond donors (Lipinski definition) is 0. The van der Waals surface area contributed by atoms with Gasteiger partial charge < -0.3 is 0 Å². The molecule has 0 radical (unpaired) electrons. The van der Waals surface area contributed by atoms with E-state index in [2.05, 4.69) is 5.10 Å². The Morgan fingerprint density at radius 3 is 2.83 bits per heavy atom. The molecule has 0 N–H and O–H groups in total. The lowest BCUT2D eigenvalue weighted by atomic mass is 10.1. The van der Waals surface area contributed by atoms with Crippen molar-refractivity contribution in [1.29, 1.82) is 0 Å². The van der Waals surface area contributed by atoms with Gasteiger partial charge in [-0.05, 0) is 43.5 Å². The molecular formula is C14H14ClFN2. The van der Waals surface area contributed by atoms with Gasteiger partial charge in [0.05, 0.1) is 23.5 Å². The number of rotatable bonds is 3. The molecule has 2 aromatic rings. The fourth-order valence-corrected chi connectivity index (χ4v) is 2.54. The van der Waals surface area contributed by atoms with Gasteiger partial charge in [0.2, 0.25) is 0 Å². The molecule has 2 nitrogen and oxygen atoms in total. The van der Waals surface area contributed by atoms with Crippen molar-refractivity contribution in [2.75, 3.05) is 0 Å². The van der Waals surface area contributed by atoms with Gasteiger partial charge in [-0.3, -0.25) is 0 Å².